The van der Waals surface area contributed by atoms with E-state index in [9.17, 15) is 19.5 Å². The molecule has 3 fully saturated rings. The fourth-order valence-corrected chi connectivity index (χ4v) is 8.17. The highest BCUT2D eigenvalue weighted by atomic mass is 16.5. The highest BCUT2D eigenvalue weighted by Crippen LogP contribution is 2.64. The Morgan fingerprint density at radius 3 is 2.43 bits per heavy atom. The van der Waals surface area contributed by atoms with E-state index in [0.29, 0.717) is 51.7 Å². The van der Waals surface area contributed by atoms with Gasteiger partial charge in [-0.05, 0) is 75.1 Å². The van der Waals surface area contributed by atoms with Gasteiger partial charge >= 0.3 is 0 Å². The molecule has 3 amide bonds. The number of hydrogen-bond acceptors (Lipinski definition) is 5. The van der Waals surface area contributed by atoms with Crippen LogP contribution in [0.25, 0.3) is 0 Å². The van der Waals surface area contributed by atoms with E-state index in [2.05, 4.69) is 13.2 Å². The molecule has 2 aromatic rings. The summed E-state index contributed by atoms with van der Waals surface area (Å²) < 4.78 is 7.06. The normalized spacial score (nSPS) is 26.2. The largest absolute Gasteiger partial charge is 0.396 e. The van der Waals surface area contributed by atoms with Gasteiger partial charge in [0, 0.05) is 38.5 Å². The molecular formula is C38H49N3O5. The number of unbranched alkanes of at least 4 members (excludes halogenated alkanes) is 2. The number of ether oxygens (including phenoxy) is 1. The van der Waals surface area contributed by atoms with Crippen molar-refractivity contribution in [3.63, 3.8) is 0 Å². The molecule has 1 N–H and O–H groups in total. The Balaban J connectivity index is 1.58. The Morgan fingerprint density at radius 1 is 1.02 bits per heavy atom. The second-order valence-corrected chi connectivity index (χ2v) is 13.2. The van der Waals surface area contributed by atoms with Crippen molar-refractivity contribution in [1.29, 1.82) is 0 Å². The van der Waals surface area contributed by atoms with Gasteiger partial charge in [0.25, 0.3) is 5.91 Å². The second kappa shape index (κ2) is 13.9. The molecule has 3 saturated heterocycles. The molecule has 5 atom stereocenters. The van der Waals surface area contributed by atoms with Gasteiger partial charge in [-0.25, -0.2) is 0 Å². The fraction of sp³-hybridized carbons (Fsp3) is 0.500. The predicted octanol–water partition coefficient (Wildman–Crippen LogP) is 5.35. The topological polar surface area (TPSA) is 90.4 Å². The Morgan fingerprint density at radius 2 is 1.76 bits per heavy atom. The second-order valence-electron chi connectivity index (χ2n) is 13.2. The lowest BCUT2D eigenvalue weighted by atomic mass is 9.64. The smallest absolute Gasteiger partial charge is 0.253 e. The first-order valence-corrected chi connectivity index (χ1v) is 16.7. The molecule has 2 bridgehead atoms. The maximum atomic E-state index is 15.0. The van der Waals surface area contributed by atoms with Crippen molar-refractivity contribution in [2.24, 2.45) is 11.8 Å². The van der Waals surface area contributed by atoms with Crippen LogP contribution in [-0.2, 0) is 25.7 Å². The van der Waals surface area contributed by atoms with Gasteiger partial charge in [0.1, 0.15) is 11.6 Å². The molecule has 3 aliphatic heterocycles. The van der Waals surface area contributed by atoms with Crippen molar-refractivity contribution in [2.75, 3.05) is 31.1 Å². The number of fused-ring (bicyclic) bond motifs is 1. The number of aliphatic hydroxyl groups excluding tert-OH is 1. The molecule has 246 valence electrons. The van der Waals surface area contributed by atoms with Crippen LogP contribution in [0.1, 0.15) is 62.1 Å². The van der Waals surface area contributed by atoms with Gasteiger partial charge < -0.3 is 24.5 Å². The molecular weight excluding hydrogens is 578 g/mol. The van der Waals surface area contributed by atoms with Gasteiger partial charge in [-0.3, -0.25) is 14.4 Å². The van der Waals surface area contributed by atoms with Crippen molar-refractivity contribution in [3.05, 3.63) is 90.5 Å². The molecule has 2 aromatic carbocycles. The minimum absolute atomic E-state index is 0.0713. The molecule has 5 rings (SSSR count). The number of nitrogens with zero attached hydrogens (tertiary/aromatic N) is 3. The van der Waals surface area contributed by atoms with Crippen LogP contribution in [0, 0.1) is 25.7 Å². The van der Waals surface area contributed by atoms with Crippen LogP contribution in [0.4, 0.5) is 5.69 Å². The highest BCUT2D eigenvalue weighted by Gasteiger charge is 2.79. The van der Waals surface area contributed by atoms with Crippen molar-refractivity contribution in [3.8, 4) is 0 Å². The Hall–Kier alpha value is -3.75. The average molecular weight is 628 g/mol. The maximum Gasteiger partial charge on any atom is 0.253 e. The molecule has 0 aliphatic carbocycles. The Kier molecular flexibility index (Phi) is 10.2. The molecule has 0 aromatic heterocycles. The zero-order valence-electron chi connectivity index (χ0n) is 27.6. The number of carbonyl (C=O) groups is 3. The first-order chi connectivity index (χ1) is 22.2. The summed E-state index contributed by atoms with van der Waals surface area (Å²) >= 11 is 0. The number of amides is 3. The molecule has 8 nitrogen and oxygen atoms in total. The molecule has 3 heterocycles. The minimum atomic E-state index is -1.12. The standard InChI is InChI=1S/C38H49N3O5/c1-6-21-39(26-29-15-11-9-12-16-29)34(43)31-32-35(44)41(23-13-10-14-24-42)33(38(32)20-19-37(31,8-3)46-38)36(45)40(22-7-2)30-25-27(4)17-18-28(30)5/h6-7,9,11-12,15-18,25,31-33,42H,1-2,8,10,13-14,19-24,26H2,3-5H3/t31-,32-,33?,37+,38?/m0/s1. The zero-order chi connectivity index (χ0) is 33.1. The van der Waals surface area contributed by atoms with E-state index in [4.69, 9.17) is 4.74 Å². The van der Waals surface area contributed by atoms with E-state index in [1.165, 1.54) is 0 Å². The highest BCUT2D eigenvalue weighted by molar-refractivity contribution is 6.05. The third kappa shape index (κ3) is 5.82. The Labute approximate surface area is 273 Å². The van der Waals surface area contributed by atoms with E-state index in [1.54, 1.807) is 26.9 Å². The predicted molar refractivity (Wildman–Crippen MR) is 180 cm³/mol. The van der Waals surface area contributed by atoms with E-state index in [1.807, 2.05) is 69.3 Å². The summed E-state index contributed by atoms with van der Waals surface area (Å²) in [6.45, 7) is 15.3. The summed E-state index contributed by atoms with van der Waals surface area (Å²) in [4.78, 5) is 49.6. The molecule has 46 heavy (non-hydrogen) atoms. The van der Waals surface area contributed by atoms with Crippen LogP contribution in [0.2, 0.25) is 0 Å². The quantitative estimate of drug-likeness (QED) is 0.212. The maximum absolute atomic E-state index is 15.0. The van der Waals surface area contributed by atoms with E-state index in [0.717, 1.165) is 28.8 Å². The van der Waals surface area contributed by atoms with Gasteiger partial charge in [0.05, 0.1) is 17.4 Å². The monoisotopic (exact) mass is 627 g/mol. The molecule has 8 heteroatoms. The number of aliphatic hydroxyl groups is 1. The number of aryl methyl sites for hydroxylation is 2. The van der Waals surface area contributed by atoms with Gasteiger partial charge in [0.2, 0.25) is 11.8 Å². The van der Waals surface area contributed by atoms with E-state index in [-0.39, 0.29) is 30.9 Å². The average Bonchev–Trinajstić information content (AvgIpc) is 3.66. The lowest BCUT2D eigenvalue weighted by molar-refractivity contribution is -0.151. The number of anilines is 1. The zero-order valence-corrected chi connectivity index (χ0v) is 27.6. The molecule has 1 spiro atoms. The van der Waals surface area contributed by atoms with Gasteiger partial charge in [-0.1, -0.05) is 61.5 Å². The van der Waals surface area contributed by atoms with Crippen LogP contribution in [0.15, 0.2) is 73.8 Å². The van der Waals surface area contributed by atoms with Crippen LogP contribution in [-0.4, -0.2) is 76.1 Å². The fourth-order valence-electron chi connectivity index (χ4n) is 8.17. The Bertz CT molecular complexity index is 1460. The SMILES string of the molecule is C=CCN(Cc1ccccc1)C(=O)[C@@H]1[C@H]2C(=O)N(CCCCCO)C(C(=O)N(CC=C)c3cc(C)ccc3C)C23CC[C@@]1(CC)O3. The molecule has 0 radical (unpaired) electrons. The third-order valence-electron chi connectivity index (χ3n) is 10.3. The van der Waals surface area contributed by atoms with Gasteiger partial charge in [-0.15, -0.1) is 13.2 Å². The molecule has 0 saturated carbocycles. The van der Waals surface area contributed by atoms with Crippen molar-refractivity contribution < 1.29 is 24.2 Å². The summed E-state index contributed by atoms with van der Waals surface area (Å²) in [7, 11) is 0. The van der Waals surface area contributed by atoms with Crippen LogP contribution in [0.5, 0.6) is 0 Å². The number of benzene rings is 2. The summed E-state index contributed by atoms with van der Waals surface area (Å²) in [5.74, 6) is -2.01. The summed E-state index contributed by atoms with van der Waals surface area (Å²) in [5, 5.41) is 9.41. The minimum Gasteiger partial charge on any atom is -0.396 e. The number of carbonyl (C=O) groups excluding carboxylic acids is 3. The van der Waals surface area contributed by atoms with Crippen molar-refractivity contribution in [2.45, 2.75) is 83.1 Å². The van der Waals surface area contributed by atoms with Crippen LogP contribution >= 0.6 is 0 Å². The summed E-state index contributed by atoms with van der Waals surface area (Å²) in [5.41, 5.74) is 1.79. The van der Waals surface area contributed by atoms with Gasteiger partial charge in [0.15, 0.2) is 0 Å². The van der Waals surface area contributed by atoms with E-state index >= 15 is 0 Å². The summed E-state index contributed by atoms with van der Waals surface area (Å²) in [6, 6.07) is 15.0. The van der Waals surface area contributed by atoms with Gasteiger partial charge in [-0.2, -0.15) is 0 Å². The lowest BCUT2D eigenvalue weighted by Crippen LogP contribution is -2.56. The van der Waals surface area contributed by atoms with Crippen molar-refractivity contribution in [1.82, 2.24) is 9.80 Å². The number of likely N-dealkylation sites (tertiary alicyclic amines) is 1. The molecule has 3 aliphatic rings. The van der Waals surface area contributed by atoms with Crippen molar-refractivity contribution >= 4 is 23.4 Å². The number of rotatable bonds is 15. The van der Waals surface area contributed by atoms with E-state index < -0.39 is 29.1 Å². The first-order valence-electron chi connectivity index (χ1n) is 16.7. The van der Waals surface area contributed by atoms with Crippen LogP contribution in [0.3, 0.4) is 0 Å². The molecule has 2 unspecified atom stereocenters. The lowest BCUT2D eigenvalue weighted by Gasteiger charge is -2.37. The summed E-state index contributed by atoms with van der Waals surface area (Å²) in [6.07, 6.45) is 7.09. The number of hydrogen-bond donors (Lipinski definition) is 1. The van der Waals surface area contributed by atoms with Crippen LogP contribution < -0.4 is 4.90 Å². The third-order valence-corrected chi connectivity index (χ3v) is 10.3. The first kappa shape index (κ1) is 33.6.